The van der Waals surface area contributed by atoms with E-state index in [1.807, 2.05) is 0 Å². The minimum absolute atomic E-state index is 0.107. The molecular formula is C20H32N4O5. The summed E-state index contributed by atoms with van der Waals surface area (Å²) >= 11 is 0. The molecule has 3 amide bonds. The molecule has 0 aromatic heterocycles. The molecule has 162 valence electrons. The summed E-state index contributed by atoms with van der Waals surface area (Å²) in [6.45, 7) is 1.51. The molecule has 4 aliphatic rings. The van der Waals surface area contributed by atoms with E-state index in [9.17, 15) is 19.2 Å². The average Bonchev–Trinajstić information content (AvgIpc) is 2.63. The van der Waals surface area contributed by atoms with Gasteiger partial charge < -0.3 is 27.2 Å². The normalized spacial score (nSPS) is 32.8. The number of hydrogen-bond acceptors (Lipinski definition) is 5. The zero-order valence-corrected chi connectivity index (χ0v) is 16.8. The molecule has 0 spiro atoms. The third kappa shape index (κ3) is 4.88. The van der Waals surface area contributed by atoms with Gasteiger partial charge in [-0.2, -0.15) is 0 Å². The molecular weight excluding hydrogens is 376 g/mol. The molecule has 0 heterocycles. The lowest BCUT2D eigenvalue weighted by Gasteiger charge is -2.55. The SMILES string of the molecule is C[C@@H](NC(=O)C(N)C1C2CC3CC(C2)CC1C3)C(=O)N[C@H](CCC(=O)O)C(N)=O. The first-order valence-corrected chi connectivity index (χ1v) is 10.5. The van der Waals surface area contributed by atoms with E-state index in [0.29, 0.717) is 11.8 Å². The molecule has 9 heteroatoms. The van der Waals surface area contributed by atoms with Crippen LogP contribution in [0.5, 0.6) is 0 Å². The van der Waals surface area contributed by atoms with E-state index in [4.69, 9.17) is 16.6 Å². The maximum absolute atomic E-state index is 12.7. The quantitative estimate of drug-likeness (QED) is 0.352. The van der Waals surface area contributed by atoms with Crippen molar-refractivity contribution in [3.63, 3.8) is 0 Å². The van der Waals surface area contributed by atoms with Crippen LogP contribution >= 0.6 is 0 Å². The molecule has 7 N–H and O–H groups in total. The standard InChI is InChI=1S/C20H32N4O5/c1-9(19(28)24-14(18(22)27)2-3-15(25)26)23-20(29)17(21)16-12-5-10-4-11(7-12)8-13(16)6-10/h9-14,16-17H,2-8,21H2,1H3,(H2,22,27)(H,23,29)(H,24,28)(H,25,26)/t9-,10?,11?,12?,13?,14-,16?,17?/m1/s1. The zero-order valence-electron chi connectivity index (χ0n) is 16.8. The van der Waals surface area contributed by atoms with Gasteiger partial charge in [0, 0.05) is 6.42 Å². The van der Waals surface area contributed by atoms with E-state index in [0.717, 1.165) is 37.5 Å². The minimum Gasteiger partial charge on any atom is -0.481 e. The largest absolute Gasteiger partial charge is 0.481 e. The minimum atomic E-state index is -1.10. The second-order valence-electron chi connectivity index (χ2n) is 9.16. The second kappa shape index (κ2) is 8.69. The van der Waals surface area contributed by atoms with Crippen LogP contribution in [0.1, 0.15) is 51.9 Å². The summed E-state index contributed by atoms with van der Waals surface area (Å²) in [6, 6.07) is -2.66. The van der Waals surface area contributed by atoms with Gasteiger partial charge in [-0.15, -0.1) is 0 Å². The van der Waals surface area contributed by atoms with Crippen LogP contribution in [0.25, 0.3) is 0 Å². The van der Waals surface area contributed by atoms with Crippen molar-refractivity contribution in [3.05, 3.63) is 0 Å². The van der Waals surface area contributed by atoms with Crippen LogP contribution < -0.4 is 22.1 Å². The van der Waals surface area contributed by atoms with Crippen molar-refractivity contribution in [2.45, 2.75) is 70.0 Å². The van der Waals surface area contributed by atoms with Gasteiger partial charge in [0.1, 0.15) is 12.1 Å². The Morgan fingerprint density at radius 1 is 0.966 bits per heavy atom. The van der Waals surface area contributed by atoms with Gasteiger partial charge in [0.15, 0.2) is 0 Å². The monoisotopic (exact) mass is 408 g/mol. The number of carboxylic acids is 1. The lowest BCUT2D eigenvalue weighted by atomic mass is 9.50. The number of amides is 3. The van der Waals surface area contributed by atoms with Crippen LogP contribution in [-0.4, -0.2) is 46.9 Å². The molecule has 4 bridgehead atoms. The molecule has 9 nitrogen and oxygen atoms in total. The summed E-state index contributed by atoms with van der Waals surface area (Å²) in [5.41, 5.74) is 11.6. The highest BCUT2D eigenvalue weighted by molar-refractivity contribution is 5.92. The molecule has 29 heavy (non-hydrogen) atoms. The van der Waals surface area contributed by atoms with Gasteiger partial charge in [-0.1, -0.05) is 0 Å². The van der Waals surface area contributed by atoms with Crippen molar-refractivity contribution >= 4 is 23.7 Å². The predicted molar refractivity (Wildman–Crippen MR) is 104 cm³/mol. The Hall–Kier alpha value is -2.16. The summed E-state index contributed by atoms with van der Waals surface area (Å²) in [6.07, 6.45) is 5.52. The Morgan fingerprint density at radius 3 is 2.00 bits per heavy atom. The molecule has 4 rings (SSSR count). The number of hydrogen-bond donors (Lipinski definition) is 5. The van der Waals surface area contributed by atoms with Gasteiger partial charge in [-0.05, 0) is 75.0 Å². The van der Waals surface area contributed by atoms with Crippen molar-refractivity contribution < 1.29 is 24.3 Å². The maximum Gasteiger partial charge on any atom is 0.303 e. The molecule has 0 radical (unpaired) electrons. The van der Waals surface area contributed by atoms with E-state index in [1.54, 1.807) is 0 Å². The van der Waals surface area contributed by atoms with Crippen LogP contribution in [0.4, 0.5) is 0 Å². The molecule has 0 saturated heterocycles. The number of rotatable bonds is 9. The first-order chi connectivity index (χ1) is 13.7. The van der Waals surface area contributed by atoms with Crippen molar-refractivity contribution in [3.8, 4) is 0 Å². The maximum atomic E-state index is 12.7. The Morgan fingerprint density at radius 2 is 1.52 bits per heavy atom. The van der Waals surface area contributed by atoms with Gasteiger partial charge >= 0.3 is 5.97 Å². The third-order valence-electron chi connectivity index (χ3n) is 7.08. The number of primary amides is 1. The average molecular weight is 408 g/mol. The van der Waals surface area contributed by atoms with Gasteiger partial charge in [0.2, 0.25) is 17.7 Å². The molecule has 4 saturated carbocycles. The van der Waals surface area contributed by atoms with Crippen LogP contribution in [0.15, 0.2) is 0 Å². The van der Waals surface area contributed by atoms with Gasteiger partial charge in [0.05, 0.1) is 6.04 Å². The lowest BCUT2D eigenvalue weighted by molar-refractivity contribution is -0.137. The topological polar surface area (TPSA) is 165 Å². The highest BCUT2D eigenvalue weighted by atomic mass is 16.4. The molecule has 3 atom stereocenters. The van der Waals surface area contributed by atoms with Crippen LogP contribution in [0.3, 0.4) is 0 Å². The van der Waals surface area contributed by atoms with Crippen LogP contribution in [0.2, 0.25) is 0 Å². The van der Waals surface area contributed by atoms with Gasteiger partial charge in [-0.25, -0.2) is 0 Å². The lowest BCUT2D eigenvalue weighted by Crippen LogP contribution is -2.59. The summed E-state index contributed by atoms with van der Waals surface area (Å²) in [5.74, 6) is -0.145. The smallest absolute Gasteiger partial charge is 0.303 e. The summed E-state index contributed by atoms with van der Waals surface area (Å²) in [5, 5.41) is 13.8. The number of carbonyl (C=O) groups is 4. The third-order valence-corrected chi connectivity index (χ3v) is 7.08. The molecule has 0 aromatic rings. The number of carbonyl (C=O) groups excluding carboxylic acids is 3. The molecule has 0 aliphatic heterocycles. The van der Waals surface area contributed by atoms with E-state index >= 15 is 0 Å². The Kier molecular flexibility index (Phi) is 6.45. The fourth-order valence-corrected chi connectivity index (χ4v) is 5.95. The molecule has 0 aromatic carbocycles. The van der Waals surface area contributed by atoms with Gasteiger partial charge in [-0.3, -0.25) is 19.2 Å². The fraction of sp³-hybridized carbons (Fsp3) is 0.800. The van der Waals surface area contributed by atoms with Crippen LogP contribution in [0, 0.1) is 29.6 Å². The molecule has 4 aliphatic carbocycles. The van der Waals surface area contributed by atoms with Crippen molar-refractivity contribution in [2.75, 3.05) is 0 Å². The number of nitrogens with one attached hydrogen (secondary N) is 2. The molecule has 4 fully saturated rings. The Balaban J connectivity index is 1.53. The van der Waals surface area contributed by atoms with E-state index < -0.39 is 35.9 Å². The zero-order chi connectivity index (χ0) is 21.3. The summed E-state index contributed by atoms with van der Waals surface area (Å²) in [7, 11) is 0. The summed E-state index contributed by atoms with van der Waals surface area (Å²) in [4.78, 5) is 47.2. The van der Waals surface area contributed by atoms with Crippen molar-refractivity contribution in [2.24, 2.45) is 41.1 Å². The van der Waals surface area contributed by atoms with Gasteiger partial charge in [0.25, 0.3) is 0 Å². The first kappa shape index (κ1) is 21.5. The van der Waals surface area contributed by atoms with Crippen LogP contribution in [-0.2, 0) is 19.2 Å². The highest BCUT2D eigenvalue weighted by Crippen LogP contribution is 2.57. The second-order valence-corrected chi connectivity index (χ2v) is 9.16. The fourth-order valence-electron chi connectivity index (χ4n) is 5.95. The number of nitrogens with two attached hydrogens (primary N) is 2. The van der Waals surface area contributed by atoms with E-state index in [-0.39, 0.29) is 24.7 Å². The van der Waals surface area contributed by atoms with Crippen molar-refractivity contribution in [1.82, 2.24) is 10.6 Å². The predicted octanol–water partition coefficient (Wildman–Crippen LogP) is -0.274. The van der Waals surface area contributed by atoms with E-state index in [2.05, 4.69) is 10.6 Å². The number of aliphatic carboxylic acids is 1. The number of carboxylic acid groups (broad SMARTS) is 1. The van der Waals surface area contributed by atoms with Crippen molar-refractivity contribution in [1.29, 1.82) is 0 Å². The Labute approximate surface area is 170 Å². The summed E-state index contributed by atoms with van der Waals surface area (Å²) < 4.78 is 0. The first-order valence-electron chi connectivity index (χ1n) is 10.5. The Bertz CT molecular complexity index is 654. The molecule has 1 unspecified atom stereocenters. The highest BCUT2D eigenvalue weighted by Gasteiger charge is 2.51. The van der Waals surface area contributed by atoms with E-state index in [1.165, 1.54) is 13.3 Å².